The lowest BCUT2D eigenvalue weighted by molar-refractivity contribution is -0.138. The number of amides is 2. The summed E-state index contributed by atoms with van der Waals surface area (Å²) in [5.74, 6) is 1.26. The summed E-state index contributed by atoms with van der Waals surface area (Å²) in [7, 11) is 0. The van der Waals surface area contributed by atoms with Crippen LogP contribution in [0, 0.1) is 12.3 Å². The van der Waals surface area contributed by atoms with Crippen LogP contribution < -0.4 is 10.6 Å². The molecule has 5 nitrogen and oxygen atoms in total. The van der Waals surface area contributed by atoms with Gasteiger partial charge in [0.1, 0.15) is 6.04 Å². The van der Waals surface area contributed by atoms with Crippen molar-refractivity contribution in [1.29, 1.82) is 0 Å². The lowest BCUT2D eigenvalue weighted by Gasteiger charge is -2.09. The summed E-state index contributed by atoms with van der Waals surface area (Å²) in [6.45, 7) is 1.72. The maximum Gasteiger partial charge on any atom is 0.325 e. The Morgan fingerprint density at radius 2 is 2.23 bits per heavy atom. The third-order valence-electron chi connectivity index (χ3n) is 1.27. The van der Waals surface area contributed by atoms with E-state index in [1.54, 1.807) is 0 Å². The molecule has 0 radical (unpaired) electrons. The number of nitrogens with one attached hydrogen (secondary N) is 2. The molecule has 0 aliphatic heterocycles. The molecule has 0 bridgehead atoms. The minimum atomic E-state index is -1.08. The van der Waals surface area contributed by atoms with E-state index in [9.17, 15) is 9.59 Å². The second-order valence-electron chi connectivity index (χ2n) is 2.41. The van der Waals surface area contributed by atoms with Crippen molar-refractivity contribution in [3.05, 3.63) is 0 Å². The highest BCUT2D eigenvalue weighted by Crippen LogP contribution is 1.80. The van der Waals surface area contributed by atoms with E-state index in [-0.39, 0.29) is 0 Å². The zero-order chi connectivity index (χ0) is 10.3. The smallest absolute Gasteiger partial charge is 0.325 e. The molecule has 0 aliphatic carbocycles. The molecule has 3 N–H and O–H groups in total. The molecule has 0 spiro atoms. The molecule has 0 aromatic carbocycles. The Hall–Kier alpha value is -1.70. The van der Waals surface area contributed by atoms with E-state index in [0.717, 1.165) is 0 Å². The number of hydrogen-bond donors (Lipinski definition) is 3. The van der Waals surface area contributed by atoms with Crippen molar-refractivity contribution in [3.8, 4) is 12.3 Å². The predicted octanol–water partition coefficient (Wildman–Crippen LogP) is -0.218. The topological polar surface area (TPSA) is 78.4 Å². The number of terminal acetylenes is 1. The Labute approximate surface area is 76.5 Å². The number of carbonyl (C=O) groups is 2. The van der Waals surface area contributed by atoms with Gasteiger partial charge in [-0.15, -0.1) is 12.3 Å². The number of carboxylic acids is 1. The highest BCUT2D eigenvalue weighted by Gasteiger charge is 2.12. The first-order valence-corrected chi connectivity index (χ1v) is 3.78. The Morgan fingerprint density at radius 1 is 1.62 bits per heavy atom. The van der Waals surface area contributed by atoms with Crippen molar-refractivity contribution in [2.45, 2.75) is 19.4 Å². The molecule has 0 saturated carbocycles. The van der Waals surface area contributed by atoms with E-state index in [1.807, 2.05) is 0 Å². The van der Waals surface area contributed by atoms with Gasteiger partial charge in [-0.1, -0.05) is 0 Å². The van der Waals surface area contributed by atoms with Crippen LogP contribution in [0.1, 0.15) is 13.3 Å². The standard InChI is InChI=1S/C8H12N2O3/c1-3-4-5-9-8(13)10-6(2)7(11)12/h1,6H,4-5H2,2H3,(H,11,12)(H2,9,10,13)/t6-/m0/s1. The third-order valence-corrected chi connectivity index (χ3v) is 1.27. The van der Waals surface area contributed by atoms with Crippen LogP contribution in [-0.2, 0) is 4.79 Å². The molecule has 0 fully saturated rings. The predicted molar refractivity (Wildman–Crippen MR) is 47.1 cm³/mol. The van der Waals surface area contributed by atoms with Gasteiger partial charge in [0.25, 0.3) is 0 Å². The van der Waals surface area contributed by atoms with Crippen LogP contribution >= 0.6 is 0 Å². The summed E-state index contributed by atoms with van der Waals surface area (Å²) in [4.78, 5) is 21.2. The Bertz CT molecular complexity index is 232. The van der Waals surface area contributed by atoms with Gasteiger partial charge in [-0.2, -0.15) is 0 Å². The molecular formula is C8H12N2O3. The number of urea groups is 1. The lowest BCUT2D eigenvalue weighted by Crippen LogP contribution is -2.44. The summed E-state index contributed by atoms with van der Waals surface area (Å²) in [5, 5.41) is 13.1. The van der Waals surface area contributed by atoms with Crippen LogP contribution in [0.5, 0.6) is 0 Å². The van der Waals surface area contributed by atoms with Crippen LogP contribution in [0.3, 0.4) is 0 Å². The van der Waals surface area contributed by atoms with Crippen molar-refractivity contribution in [2.75, 3.05) is 6.54 Å². The lowest BCUT2D eigenvalue weighted by atomic mass is 10.3. The molecule has 0 aromatic heterocycles. The number of hydrogen-bond acceptors (Lipinski definition) is 2. The van der Waals surface area contributed by atoms with Gasteiger partial charge < -0.3 is 15.7 Å². The SMILES string of the molecule is C#CCCNC(=O)N[C@@H](C)C(=O)O. The molecule has 2 amide bonds. The van der Waals surface area contributed by atoms with E-state index in [2.05, 4.69) is 16.6 Å². The average Bonchev–Trinajstić information content (AvgIpc) is 2.04. The van der Waals surface area contributed by atoms with Crippen LogP contribution in [0.2, 0.25) is 0 Å². The molecule has 5 heteroatoms. The Balaban J connectivity index is 3.63. The first-order chi connectivity index (χ1) is 6.07. The first-order valence-electron chi connectivity index (χ1n) is 3.78. The van der Waals surface area contributed by atoms with Crippen molar-refractivity contribution >= 4 is 12.0 Å². The molecule has 0 heterocycles. The summed E-state index contributed by atoms with van der Waals surface area (Å²) >= 11 is 0. The molecule has 72 valence electrons. The van der Waals surface area contributed by atoms with Crippen LogP contribution in [0.4, 0.5) is 4.79 Å². The fourth-order valence-corrected chi connectivity index (χ4v) is 0.558. The van der Waals surface area contributed by atoms with Gasteiger partial charge in [-0.25, -0.2) is 4.79 Å². The van der Waals surface area contributed by atoms with Gasteiger partial charge in [-0.05, 0) is 6.92 Å². The van der Waals surface area contributed by atoms with E-state index in [0.29, 0.717) is 13.0 Å². The zero-order valence-corrected chi connectivity index (χ0v) is 7.33. The van der Waals surface area contributed by atoms with Gasteiger partial charge in [0.2, 0.25) is 0 Å². The van der Waals surface area contributed by atoms with Gasteiger partial charge in [0, 0.05) is 13.0 Å². The number of carbonyl (C=O) groups excluding carboxylic acids is 1. The number of carboxylic acid groups (broad SMARTS) is 1. The van der Waals surface area contributed by atoms with Crippen LogP contribution in [-0.4, -0.2) is 29.7 Å². The average molecular weight is 184 g/mol. The minimum Gasteiger partial charge on any atom is -0.480 e. The third kappa shape index (κ3) is 5.56. The molecule has 0 aromatic rings. The monoisotopic (exact) mass is 184 g/mol. The normalized spacial score (nSPS) is 11.1. The molecule has 0 saturated heterocycles. The van der Waals surface area contributed by atoms with Crippen LogP contribution in [0.15, 0.2) is 0 Å². The summed E-state index contributed by atoms with van der Waals surface area (Å²) in [5.41, 5.74) is 0. The van der Waals surface area contributed by atoms with Gasteiger partial charge in [0.15, 0.2) is 0 Å². The van der Waals surface area contributed by atoms with Crippen molar-refractivity contribution in [2.24, 2.45) is 0 Å². The summed E-state index contributed by atoms with van der Waals surface area (Å²) in [6, 6.07) is -1.42. The highest BCUT2D eigenvalue weighted by molar-refractivity contribution is 5.82. The Kier molecular flexibility index (Phi) is 5.12. The summed E-state index contributed by atoms with van der Waals surface area (Å²) in [6.07, 6.45) is 5.37. The van der Waals surface area contributed by atoms with Crippen molar-refractivity contribution < 1.29 is 14.7 Å². The van der Waals surface area contributed by atoms with Crippen LogP contribution in [0.25, 0.3) is 0 Å². The van der Waals surface area contributed by atoms with E-state index >= 15 is 0 Å². The van der Waals surface area contributed by atoms with Gasteiger partial charge in [-0.3, -0.25) is 4.79 Å². The van der Waals surface area contributed by atoms with Gasteiger partial charge in [0.05, 0.1) is 0 Å². The molecule has 0 rings (SSSR count). The zero-order valence-electron chi connectivity index (χ0n) is 7.33. The molecular weight excluding hydrogens is 172 g/mol. The van der Waals surface area contributed by atoms with Crippen molar-refractivity contribution in [1.82, 2.24) is 10.6 Å². The molecule has 1 atom stereocenters. The second-order valence-corrected chi connectivity index (χ2v) is 2.41. The van der Waals surface area contributed by atoms with Crippen molar-refractivity contribution in [3.63, 3.8) is 0 Å². The maximum absolute atomic E-state index is 10.9. The number of rotatable bonds is 4. The molecule has 13 heavy (non-hydrogen) atoms. The Morgan fingerprint density at radius 3 is 2.69 bits per heavy atom. The fraction of sp³-hybridized carbons (Fsp3) is 0.500. The minimum absolute atomic E-state index is 0.342. The van der Waals surface area contributed by atoms with E-state index in [1.165, 1.54) is 6.92 Å². The molecule has 0 aliphatic rings. The van der Waals surface area contributed by atoms with E-state index < -0.39 is 18.0 Å². The molecule has 0 unspecified atom stereocenters. The van der Waals surface area contributed by atoms with Gasteiger partial charge >= 0.3 is 12.0 Å². The van der Waals surface area contributed by atoms with E-state index in [4.69, 9.17) is 11.5 Å². The highest BCUT2D eigenvalue weighted by atomic mass is 16.4. The fourth-order valence-electron chi connectivity index (χ4n) is 0.558. The largest absolute Gasteiger partial charge is 0.480 e. The quantitative estimate of drug-likeness (QED) is 0.417. The second kappa shape index (κ2) is 5.89. The maximum atomic E-state index is 10.9. The first kappa shape index (κ1) is 11.3. The summed E-state index contributed by atoms with van der Waals surface area (Å²) < 4.78 is 0. The number of aliphatic carboxylic acids is 1.